The number of fused-ring (bicyclic) bond motifs is 1. The quantitative estimate of drug-likeness (QED) is 0.466. The third kappa shape index (κ3) is 5.52. The zero-order chi connectivity index (χ0) is 25.0. The van der Waals surface area contributed by atoms with Crippen LogP contribution in [-0.2, 0) is 23.8 Å². The molecule has 1 aliphatic heterocycles. The highest BCUT2D eigenvalue weighted by atomic mass is 19.4. The van der Waals surface area contributed by atoms with Gasteiger partial charge in [-0.2, -0.15) is 13.2 Å². The number of amides is 1. The van der Waals surface area contributed by atoms with Crippen molar-refractivity contribution < 1.29 is 32.2 Å². The van der Waals surface area contributed by atoms with Gasteiger partial charge >= 0.3 is 6.18 Å². The van der Waals surface area contributed by atoms with Crippen LogP contribution in [0.4, 0.5) is 18.9 Å². The van der Waals surface area contributed by atoms with Crippen LogP contribution in [0.2, 0.25) is 0 Å². The average molecular weight is 489 g/mol. The molecule has 1 aromatic heterocycles. The molecule has 2 heterocycles. The molecule has 0 fully saturated rings. The summed E-state index contributed by atoms with van der Waals surface area (Å²) < 4.78 is 52.3. The van der Waals surface area contributed by atoms with Gasteiger partial charge in [0.25, 0.3) is 5.91 Å². The molecule has 1 amide bonds. The van der Waals surface area contributed by atoms with E-state index in [9.17, 15) is 23.1 Å². The molecule has 2 atom stereocenters. The first-order valence-corrected chi connectivity index (χ1v) is 11.3. The zero-order valence-electron chi connectivity index (χ0n) is 19.2. The minimum atomic E-state index is -4.60. The third-order valence-corrected chi connectivity index (χ3v) is 6.26. The van der Waals surface area contributed by atoms with E-state index < -0.39 is 29.7 Å². The maximum absolute atomic E-state index is 13.9. The van der Waals surface area contributed by atoms with Gasteiger partial charge in [-0.05, 0) is 53.9 Å². The van der Waals surface area contributed by atoms with E-state index in [2.05, 4.69) is 5.32 Å². The fraction of sp³-hybridized carbons (Fsp3) is 0.346. The Hall–Kier alpha value is -3.30. The highest BCUT2D eigenvalue weighted by molar-refractivity contribution is 5.99. The molecule has 6 nitrogen and oxygen atoms in total. The summed E-state index contributed by atoms with van der Waals surface area (Å²) in [4.78, 5) is 14.6. The highest BCUT2D eigenvalue weighted by Crippen LogP contribution is 2.42. The van der Waals surface area contributed by atoms with Gasteiger partial charge in [-0.25, -0.2) is 0 Å². The second kappa shape index (κ2) is 10.5. The van der Waals surface area contributed by atoms with Crippen LogP contribution >= 0.6 is 0 Å². The van der Waals surface area contributed by atoms with Gasteiger partial charge in [-0.1, -0.05) is 18.2 Å². The molecule has 3 aromatic rings. The number of alkyl halides is 3. The molecule has 0 saturated heterocycles. The van der Waals surface area contributed by atoms with Crippen LogP contribution in [0.5, 0.6) is 5.75 Å². The number of rotatable bonds is 8. The predicted molar refractivity (Wildman–Crippen MR) is 125 cm³/mol. The number of furan rings is 1. The Kier molecular flexibility index (Phi) is 7.47. The van der Waals surface area contributed by atoms with E-state index in [-0.39, 0.29) is 24.2 Å². The van der Waals surface area contributed by atoms with Crippen LogP contribution in [0.1, 0.15) is 28.4 Å². The lowest BCUT2D eigenvalue weighted by molar-refractivity contribution is -0.138. The number of aliphatic hydroxyl groups is 1. The van der Waals surface area contributed by atoms with Gasteiger partial charge in [0.2, 0.25) is 0 Å². The minimum absolute atomic E-state index is 0.00121. The van der Waals surface area contributed by atoms with Crippen molar-refractivity contribution in [1.29, 1.82) is 0 Å². The third-order valence-electron chi connectivity index (χ3n) is 6.26. The molecular formula is C26H27F3N2O4. The van der Waals surface area contributed by atoms with E-state index in [0.717, 1.165) is 11.8 Å². The number of aliphatic hydroxyl groups excluding tert-OH is 1. The Morgan fingerprint density at radius 3 is 2.54 bits per heavy atom. The highest BCUT2D eigenvalue weighted by Gasteiger charge is 2.41. The van der Waals surface area contributed by atoms with Crippen LogP contribution in [0.15, 0.2) is 65.3 Å². The van der Waals surface area contributed by atoms with Crippen LogP contribution in [0.3, 0.4) is 0 Å². The Labute approximate surface area is 201 Å². The summed E-state index contributed by atoms with van der Waals surface area (Å²) in [5, 5.41) is 14.2. The molecule has 186 valence electrons. The predicted octanol–water partition coefficient (Wildman–Crippen LogP) is 4.17. The topological polar surface area (TPSA) is 74.9 Å². The normalized spacial score (nSPS) is 18.3. The molecule has 0 aliphatic carbocycles. The lowest BCUT2D eigenvalue weighted by atomic mass is 9.86. The van der Waals surface area contributed by atoms with E-state index in [0.29, 0.717) is 30.8 Å². The molecule has 0 radical (unpaired) electrons. The molecule has 0 bridgehead atoms. The first-order chi connectivity index (χ1) is 16.8. The van der Waals surface area contributed by atoms with Gasteiger partial charge in [0.1, 0.15) is 17.6 Å². The van der Waals surface area contributed by atoms with Gasteiger partial charge in [0, 0.05) is 37.7 Å². The van der Waals surface area contributed by atoms with Gasteiger partial charge in [0.05, 0.1) is 18.9 Å². The van der Waals surface area contributed by atoms with Crippen molar-refractivity contribution in [1.82, 2.24) is 5.32 Å². The second-order valence-corrected chi connectivity index (χ2v) is 8.40. The van der Waals surface area contributed by atoms with E-state index in [1.807, 2.05) is 6.07 Å². The Balaban J connectivity index is 1.62. The molecule has 0 spiro atoms. The molecule has 4 rings (SSSR count). The average Bonchev–Trinajstić information content (AvgIpc) is 3.34. The van der Waals surface area contributed by atoms with Crippen LogP contribution in [0, 0.1) is 0 Å². The first kappa shape index (κ1) is 24.8. The van der Waals surface area contributed by atoms with Gasteiger partial charge in [0.15, 0.2) is 0 Å². The zero-order valence-corrected chi connectivity index (χ0v) is 19.2. The van der Waals surface area contributed by atoms with E-state index >= 15 is 0 Å². The number of methoxy groups -OCH3 is 1. The Morgan fingerprint density at radius 1 is 1.11 bits per heavy atom. The summed E-state index contributed by atoms with van der Waals surface area (Å²) in [5.74, 6) is -0.0904. The fourth-order valence-corrected chi connectivity index (χ4v) is 4.45. The standard InChI is InChI=1S/C26H27F3N2O4/c1-34-18-9-7-17(8-10-18)20-16-21-22(26(27,28)29)5-2-6-23(21)31(25(33)24(20)32)14-13-30-12-11-19-4-3-15-35-19/h2-10,15,20,24,30,32H,11-14,16H2,1H3/t20?,24-/m1/s1. The summed E-state index contributed by atoms with van der Waals surface area (Å²) in [5.41, 5.74) is -0.0618. The lowest BCUT2D eigenvalue weighted by Gasteiger charge is -2.26. The van der Waals surface area contributed by atoms with Crippen molar-refractivity contribution in [3.8, 4) is 5.75 Å². The SMILES string of the molecule is COc1ccc(C2Cc3c(cccc3C(F)(F)F)N(CCNCCc3ccco3)C(=O)[C@@H]2O)cc1. The maximum atomic E-state index is 13.9. The summed E-state index contributed by atoms with van der Waals surface area (Å²) in [6.45, 7) is 1.02. The Morgan fingerprint density at radius 2 is 1.89 bits per heavy atom. The second-order valence-electron chi connectivity index (χ2n) is 8.40. The van der Waals surface area contributed by atoms with E-state index in [4.69, 9.17) is 9.15 Å². The molecule has 0 saturated carbocycles. The number of nitrogens with zero attached hydrogens (tertiary/aromatic N) is 1. The number of hydrogen-bond donors (Lipinski definition) is 2. The molecule has 2 aromatic carbocycles. The molecular weight excluding hydrogens is 461 g/mol. The minimum Gasteiger partial charge on any atom is -0.497 e. The Bertz CT molecular complexity index is 1130. The number of anilines is 1. The fourth-order valence-electron chi connectivity index (χ4n) is 4.45. The molecule has 1 aliphatic rings. The number of benzene rings is 2. The summed E-state index contributed by atoms with van der Waals surface area (Å²) in [6, 6.07) is 14.1. The molecule has 9 heteroatoms. The van der Waals surface area contributed by atoms with Crippen molar-refractivity contribution in [2.45, 2.75) is 31.0 Å². The summed E-state index contributed by atoms with van der Waals surface area (Å²) >= 11 is 0. The van der Waals surface area contributed by atoms with Crippen molar-refractivity contribution >= 4 is 11.6 Å². The van der Waals surface area contributed by atoms with Gasteiger partial charge in [-0.3, -0.25) is 4.79 Å². The molecule has 2 N–H and O–H groups in total. The van der Waals surface area contributed by atoms with Crippen LogP contribution in [0.25, 0.3) is 0 Å². The van der Waals surface area contributed by atoms with Crippen molar-refractivity contribution in [2.75, 3.05) is 31.6 Å². The van der Waals surface area contributed by atoms with Crippen LogP contribution in [-0.4, -0.2) is 43.9 Å². The van der Waals surface area contributed by atoms with E-state index in [1.54, 1.807) is 36.6 Å². The van der Waals surface area contributed by atoms with Crippen molar-refractivity contribution in [3.63, 3.8) is 0 Å². The molecule has 35 heavy (non-hydrogen) atoms. The molecule has 1 unspecified atom stereocenters. The number of carbonyl (C=O) groups is 1. The number of ether oxygens (including phenoxy) is 1. The summed E-state index contributed by atoms with van der Waals surface area (Å²) in [6.07, 6.45) is -4.01. The van der Waals surface area contributed by atoms with E-state index in [1.165, 1.54) is 24.1 Å². The number of carbonyl (C=O) groups excluding carboxylic acids is 1. The van der Waals surface area contributed by atoms with Crippen molar-refractivity contribution in [3.05, 3.63) is 83.3 Å². The smallest absolute Gasteiger partial charge is 0.416 e. The monoisotopic (exact) mass is 488 g/mol. The maximum Gasteiger partial charge on any atom is 0.416 e. The number of hydrogen-bond acceptors (Lipinski definition) is 5. The van der Waals surface area contributed by atoms with Crippen LogP contribution < -0.4 is 15.0 Å². The number of nitrogens with one attached hydrogen (secondary N) is 1. The van der Waals surface area contributed by atoms with Crippen molar-refractivity contribution in [2.24, 2.45) is 0 Å². The summed E-state index contributed by atoms with van der Waals surface area (Å²) in [7, 11) is 1.51. The first-order valence-electron chi connectivity index (χ1n) is 11.3. The van der Waals surface area contributed by atoms with Gasteiger partial charge < -0.3 is 24.5 Å². The van der Waals surface area contributed by atoms with Gasteiger partial charge in [-0.15, -0.1) is 0 Å². The largest absolute Gasteiger partial charge is 0.497 e. The number of halogens is 3. The lowest BCUT2D eigenvalue weighted by Crippen LogP contribution is -2.44.